The van der Waals surface area contributed by atoms with Gasteiger partial charge in [-0.3, -0.25) is 4.79 Å². The third-order valence-corrected chi connectivity index (χ3v) is 4.29. The van der Waals surface area contributed by atoms with Gasteiger partial charge in [0.1, 0.15) is 5.60 Å². The number of rotatable bonds is 0. The van der Waals surface area contributed by atoms with Crippen LogP contribution >= 0.6 is 15.9 Å². The number of carbonyl (C=O) groups is 1. The summed E-state index contributed by atoms with van der Waals surface area (Å²) < 4.78 is 5.25. The maximum absolute atomic E-state index is 11.4. The fourth-order valence-corrected chi connectivity index (χ4v) is 3.73. The third kappa shape index (κ3) is 1.22. The van der Waals surface area contributed by atoms with E-state index in [4.69, 9.17) is 4.74 Å². The van der Waals surface area contributed by atoms with Crippen LogP contribution in [0.4, 0.5) is 0 Å². The molecule has 1 heterocycles. The number of alkyl halides is 1. The fourth-order valence-electron chi connectivity index (χ4n) is 2.51. The maximum atomic E-state index is 11.4. The first-order valence-electron chi connectivity index (χ1n) is 4.48. The molecular formula is C9H13BrO3. The Kier molecular flexibility index (Phi) is 1.97. The van der Waals surface area contributed by atoms with Gasteiger partial charge in [0.05, 0.1) is 12.0 Å². The van der Waals surface area contributed by atoms with Crippen LogP contribution in [0.15, 0.2) is 0 Å². The van der Waals surface area contributed by atoms with Crippen molar-refractivity contribution in [1.82, 2.24) is 0 Å². The summed E-state index contributed by atoms with van der Waals surface area (Å²) in [5.41, 5.74) is -0.437. The van der Waals surface area contributed by atoms with Crippen molar-refractivity contribution in [2.45, 2.75) is 36.8 Å². The molecule has 2 aliphatic rings. The highest BCUT2D eigenvalue weighted by molar-refractivity contribution is 9.09. The van der Waals surface area contributed by atoms with Gasteiger partial charge in [-0.1, -0.05) is 15.9 Å². The molecule has 1 aliphatic carbocycles. The lowest BCUT2D eigenvalue weighted by Crippen LogP contribution is -2.35. The average Bonchev–Trinajstić information content (AvgIpc) is 2.37. The minimum Gasteiger partial charge on any atom is -0.459 e. The van der Waals surface area contributed by atoms with Gasteiger partial charge < -0.3 is 9.84 Å². The molecule has 0 bridgehead atoms. The van der Waals surface area contributed by atoms with E-state index >= 15 is 0 Å². The normalized spacial score (nSPS) is 47.5. The molecule has 4 atom stereocenters. The van der Waals surface area contributed by atoms with E-state index in [1.165, 1.54) is 0 Å². The van der Waals surface area contributed by atoms with Crippen molar-refractivity contribution in [2.24, 2.45) is 11.8 Å². The van der Waals surface area contributed by atoms with Gasteiger partial charge in [-0.05, 0) is 20.3 Å². The zero-order valence-electron chi connectivity index (χ0n) is 7.66. The largest absolute Gasteiger partial charge is 0.459 e. The Morgan fingerprint density at radius 3 is 2.77 bits per heavy atom. The molecule has 1 saturated heterocycles. The molecular weight excluding hydrogens is 236 g/mol. The van der Waals surface area contributed by atoms with Gasteiger partial charge in [-0.15, -0.1) is 0 Å². The van der Waals surface area contributed by atoms with Crippen molar-refractivity contribution in [2.75, 3.05) is 0 Å². The summed E-state index contributed by atoms with van der Waals surface area (Å²) in [5.74, 6) is -0.166. The van der Waals surface area contributed by atoms with Crippen molar-refractivity contribution in [3.05, 3.63) is 0 Å². The molecule has 1 aliphatic heterocycles. The molecule has 0 spiro atoms. The van der Waals surface area contributed by atoms with Gasteiger partial charge in [-0.25, -0.2) is 0 Å². The Hall–Kier alpha value is -0.0900. The van der Waals surface area contributed by atoms with Crippen LogP contribution in [0.3, 0.4) is 0 Å². The van der Waals surface area contributed by atoms with Crippen LogP contribution < -0.4 is 0 Å². The lowest BCUT2D eigenvalue weighted by atomic mass is 9.86. The van der Waals surface area contributed by atoms with E-state index in [0.29, 0.717) is 6.42 Å². The number of hydrogen-bond acceptors (Lipinski definition) is 3. The highest BCUT2D eigenvalue weighted by Gasteiger charge is 2.58. The molecule has 0 aromatic carbocycles. The van der Waals surface area contributed by atoms with Crippen LogP contribution in [0.25, 0.3) is 0 Å². The van der Waals surface area contributed by atoms with Crippen molar-refractivity contribution in [3.63, 3.8) is 0 Å². The quantitative estimate of drug-likeness (QED) is 0.516. The van der Waals surface area contributed by atoms with Crippen LogP contribution in [0.2, 0.25) is 0 Å². The summed E-state index contributed by atoms with van der Waals surface area (Å²) in [5, 5.41) is 9.60. The Bertz CT molecular complexity index is 251. The van der Waals surface area contributed by atoms with E-state index in [-0.39, 0.29) is 22.6 Å². The highest BCUT2D eigenvalue weighted by Crippen LogP contribution is 2.49. The Balaban J connectivity index is 2.32. The number of aliphatic hydroxyl groups is 1. The first-order valence-corrected chi connectivity index (χ1v) is 5.40. The molecule has 0 radical (unpaired) electrons. The Morgan fingerprint density at radius 1 is 1.62 bits per heavy atom. The predicted molar refractivity (Wildman–Crippen MR) is 50.5 cm³/mol. The zero-order chi connectivity index (χ0) is 9.80. The molecule has 13 heavy (non-hydrogen) atoms. The summed E-state index contributed by atoms with van der Waals surface area (Å²) in [6.45, 7) is 3.81. The monoisotopic (exact) mass is 248 g/mol. The molecule has 2 fully saturated rings. The SMILES string of the molecule is CC1(C)OC(=O)[C@@H]2C[C@H](O)[C@@H](Br)[C@@H]21. The summed E-state index contributed by atoms with van der Waals surface area (Å²) in [6.07, 6.45) is 0.116. The number of halogens is 1. The van der Waals surface area contributed by atoms with Crippen molar-refractivity contribution in [3.8, 4) is 0 Å². The number of esters is 1. The summed E-state index contributed by atoms with van der Waals surface area (Å²) in [6, 6.07) is 0. The average molecular weight is 249 g/mol. The van der Waals surface area contributed by atoms with Crippen molar-refractivity contribution < 1.29 is 14.6 Å². The number of hydrogen-bond donors (Lipinski definition) is 1. The second-order valence-corrected chi connectivity index (χ2v) is 5.46. The van der Waals surface area contributed by atoms with Gasteiger partial charge in [0.15, 0.2) is 0 Å². The number of cyclic esters (lactones) is 1. The van der Waals surface area contributed by atoms with Gasteiger partial charge in [0.25, 0.3) is 0 Å². The van der Waals surface area contributed by atoms with E-state index in [9.17, 15) is 9.90 Å². The Morgan fingerprint density at radius 2 is 2.23 bits per heavy atom. The molecule has 74 valence electrons. The van der Waals surface area contributed by atoms with E-state index in [1.54, 1.807) is 0 Å². The Labute approximate surface area is 85.6 Å². The lowest BCUT2D eigenvalue weighted by Gasteiger charge is -2.27. The number of ether oxygens (including phenoxy) is 1. The predicted octanol–water partition coefficient (Wildman–Crippen LogP) is 1.08. The highest BCUT2D eigenvalue weighted by atomic mass is 79.9. The fraction of sp³-hybridized carbons (Fsp3) is 0.889. The van der Waals surface area contributed by atoms with Crippen LogP contribution in [0.5, 0.6) is 0 Å². The van der Waals surface area contributed by atoms with Gasteiger partial charge in [-0.2, -0.15) is 0 Å². The molecule has 1 saturated carbocycles. The zero-order valence-corrected chi connectivity index (χ0v) is 9.24. The topological polar surface area (TPSA) is 46.5 Å². The van der Waals surface area contributed by atoms with Gasteiger partial charge >= 0.3 is 5.97 Å². The van der Waals surface area contributed by atoms with Crippen molar-refractivity contribution in [1.29, 1.82) is 0 Å². The second kappa shape index (κ2) is 2.70. The first-order chi connectivity index (χ1) is 5.93. The van der Waals surface area contributed by atoms with E-state index in [1.807, 2.05) is 13.8 Å². The van der Waals surface area contributed by atoms with Crippen LogP contribution in [-0.2, 0) is 9.53 Å². The molecule has 0 aromatic heterocycles. The molecule has 4 heteroatoms. The molecule has 1 N–H and O–H groups in total. The number of aliphatic hydroxyl groups excluding tert-OH is 1. The molecule has 0 unspecified atom stereocenters. The standard InChI is InChI=1S/C9H13BrO3/c1-9(2)6-4(8(12)13-9)3-5(11)7(6)10/h4-7,11H,3H2,1-2H3/t4-,5+,6-,7-/m1/s1. The minimum atomic E-state index is -0.437. The summed E-state index contributed by atoms with van der Waals surface area (Å²) in [7, 11) is 0. The summed E-state index contributed by atoms with van der Waals surface area (Å²) >= 11 is 3.43. The molecule has 0 aromatic rings. The van der Waals surface area contributed by atoms with E-state index in [2.05, 4.69) is 15.9 Å². The van der Waals surface area contributed by atoms with Crippen LogP contribution in [-0.4, -0.2) is 27.6 Å². The second-order valence-electron chi connectivity index (χ2n) is 4.40. The molecule has 0 amide bonds. The maximum Gasteiger partial charge on any atom is 0.310 e. The summed E-state index contributed by atoms with van der Waals surface area (Å²) in [4.78, 5) is 11.4. The van der Waals surface area contributed by atoms with E-state index in [0.717, 1.165) is 0 Å². The smallest absolute Gasteiger partial charge is 0.310 e. The molecule has 2 rings (SSSR count). The number of carbonyl (C=O) groups excluding carboxylic acids is 1. The van der Waals surface area contributed by atoms with Crippen LogP contribution in [0.1, 0.15) is 20.3 Å². The molecule has 3 nitrogen and oxygen atoms in total. The van der Waals surface area contributed by atoms with E-state index < -0.39 is 11.7 Å². The third-order valence-electron chi connectivity index (χ3n) is 3.11. The van der Waals surface area contributed by atoms with Gasteiger partial charge in [0, 0.05) is 10.7 Å². The van der Waals surface area contributed by atoms with Crippen LogP contribution in [0, 0.1) is 11.8 Å². The van der Waals surface area contributed by atoms with Gasteiger partial charge in [0.2, 0.25) is 0 Å². The lowest BCUT2D eigenvalue weighted by molar-refractivity contribution is -0.149. The first kappa shape index (κ1) is 9.46. The van der Waals surface area contributed by atoms with Crippen molar-refractivity contribution >= 4 is 21.9 Å². The number of fused-ring (bicyclic) bond motifs is 1. The minimum absolute atomic E-state index is 0.0149.